The number of benzene rings is 1. The Morgan fingerprint density at radius 1 is 1.27 bits per heavy atom. The minimum absolute atomic E-state index is 0.0209. The Hall–Kier alpha value is -1.63. The molecule has 0 amide bonds. The fourth-order valence-corrected chi connectivity index (χ4v) is 3.90. The standard InChI is InChI=1S/C16H16N2O2S2/c1-20-9-8-18-15(19)14-13(7-10-21-14)17-16(18)22-11-12-5-3-2-4-6-12/h2-7,10H,8-9,11H2,1H3. The van der Waals surface area contributed by atoms with Gasteiger partial charge in [0.15, 0.2) is 5.16 Å². The van der Waals surface area contributed by atoms with Crippen LogP contribution in [0.4, 0.5) is 0 Å². The Labute approximate surface area is 136 Å². The molecular weight excluding hydrogens is 316 g/mol. The highest BCUT2D eigenvalue weighted by atomic mass is 32.2. The highest BCUT2D eigenvalue weighted by Gasteiger charge is 2.12. The molecule has 4 nitrogen and oxygen atoms in total. The molecule has 3 rings (SSSR count). The van der Waals surface area contributed by atoms with Crippen LogP contribution in [0.1, 0.15) is 5.56 Å². The lowest BCUT2D eigenvalue weighted by atomic mass is 10.2. The van der Waals surface area contributed by atoms with Crippen molar-refractivity contribution in [1.29, 1.82) is 0 Å². The molecule has 0 bridgehead atoms. The van der Waals surface area contributed by atoms with Crippen LogP contribution >= 0.6 is 23.1 Å². The topological polar surface area (TPSA) is 44.1 Å². The average Bonchev–Trinajstić information content (AvgIpc) is 3.02. The molecule has 0 aliphatic heterocycles. The zero-order chi connectivity index (χ0) is 15.4. The zero-order valence-electron chi connectivity index (χ0n) is 12.2. The molecule has 6 heteroatoms. The van der Waals surface area contributed by atoms with Crippen LogP contribution in [-0.4, -0.2) is 23.3 Å². The maximum Gasteiger partial charge on any atom is 0.272 e. The molecule has 0 aliphatic rings. The lowest BCUT2D eigenvalue weighted by Gasteiger charge is -2.11. The highest BCUT2D eigenvalue weighted by Crippen LogP contribution is 2.23. The smallest absolute Gasteiger partial charge is 0.272 e. The lowest BCUT2D eigenvalue weighted by molar-refractivity contribution is 0.183. The molecule has 3 aromatic rings. The number of hydrogen-bond acceptors (Lipinski definition) is 5. The zero-order valence-corrected chi connectivity index (χ0v) is 13.8. The second kappa shape index (κ2) is 7.09. The number of nitrogens with zero attached hydrogens (tertiary/aromatic N) is 2. The predicted octanol–water partition coefficient (Wildman–Crippen LogP) is 3.40. The van der Waals surface area contributed by atoms with Crippen LogP contribution in [0.15, 0.2) is 51.7 Å². The van der Waals surface area contributed by atoms with Crippen LogP contribution in [0.3, 0.4) is 0 Å². The molecule has 0 N–H and O–H groups in total. The van der Waals surface area contributed by atoms with Crippen LogP contribution in [0.2, 0.25) is 0 Å². The van der Waals surface area contributed by atoms with Crippen molar-refractivity contribution in [3.8, 4) is 0 Å². The third kappa shape index (κ3) is 3.24. The van der Waals surface area contributed by atoms with E-state index in [2.05, 4.69) is 17.1 Å². The number of fused-ring (bicyclic) bond motifs is 1. The van der Waals surface area contributed by atoms with E-state index in [1.807, 2.05) is 29.6 Å². The number of hydrogen-bond donors (Lipinski definition) is 0. The molecule has 22 heavy (non-hydrogen) atoms. The van der Waals surface area contributed by atoms with Gasteiger partial charge in [0.25, 0.3) is 5.56 Å². The van der Waals surface area contributed by atoms with E-state index < -0.39 is 0 Å². The minimum Gasteiger partial charge on any atom is -0.383 e. The van der Waals surface area contributed by atoms with Crippen molar-refractivity contribution in [1.82, 2.24) is 9.55 Å². The van der Waals surface area contributed by atoms with E-state index in [0.717, 1.165) is 16.4 Å². The number of rotatable bonds is 6. The van der Waals surface area contributed by atoms with Gasteiger partial charge in [-0.25, -0.2) is 4.98 Å². The Balaban J connectivity index is 1.93. The van der Waals surface area contributed by atoms with Gasteiger partial charge in [0.2, 0.25) is 0 Å². The Morgan fingerprint density at radius 2 is 2.09 bits per heavy atom. The van der Waals surface area contributed by atoms with Crippen molar-refractivity contribution >= 4 is 33.3 Å². The van der Waals surface area contributed by atoms with Gasteiger partial charge in [0.1, 0.15) is 4.70 Å². The van der Waals surface area contributed by atoms with Gasteiger partial charge in [-0.3, -0.25) is 9.36 Å². The molecule has 0 radical (unpaired) electrons. The summed E-state index contributed by atoms with van der Waals surface area (Å²) in [7, 11) is 1.64. The first-order valence-corrected chi connectivity index (χ1v) is 8.80. The maximum absolute atomic E-state index is 12.6. The summed E-state index contributed by atoms with van der Waals surface area (Å²) >= 11 is 3.02. The highest BCUT2D eigenvalue weighted by molar-refractivity contribution is 7.98. The summed E-state index contributed by atoms with van der Waals surface area (Å²) in [4.78, 5) is 17.2. The van der Waals surface area contributed by atoms with Gasteiger partial charge in [0.05, 0.1) is 18.7 Å². The fourth-order valence-electron chi connectivity index (χ4n) is 2.14. The van der Waals surface area contributed by atoms with Crippen molar-refractivity contribution in [2.45, 2.75) is 17.5 Å². The van der Waals surface area contributed by atoms with E-state index in [9.17, 15) is 4.79 Å². The van der Waals surface area contributed by atoms with Crippen molar-refractivity contribution in [2.24, 2.45) is 0 Å². The molecule has 0 unspecified atom stereocenters. The van der Waals surface area contributed by atoms with Crippen molar-refractivity contribution < 1.29 is 4.74 Å². The molecule has 2 aromatic heterocycles. The number of aromatic nitrogens is 2. The quantitative estimate of drug-likeness (QED) is 0.513. The largest absolute Gasteiger partial charge is 0.383 e. The minimum atomic E-state index is 0.0209. The molecule has 1 aromatic carbocycles. The van der Waals surface area contributed by atoms with E-state index in [1.165, 1.54) is 16.9 Å². The monoisotopic (exact) mass is 332 g/mol. The molecule has 0 atom stereocenters. The SMILES string of the molecule is COCCn1c(SCc2ccccc2)nc2ccsc2c1=O. The predicted molar refractivity (Wildman–Crippen MR) is 91.8 cm³/mol. The van der Waals surface area contributed by atoms with E-state index in [-0.39, 0.29) is 5.56 Å². The molecule has 0 saturated carbocycles. The molecule has 0 fully saturated rings. The maximum atomic E-state index is 12.6. The Morgan fingerprint density at radius 3 is 2.86 bits per heavy atom. The summed E-state index contributed by atoms with van der Waals surface area (Å²) in [6.45, 7) is 1.02. The van der Waals surface area contributed by atoms with Crippen LogP contribution in [0.25, 0.3) is 10.2 Å². The van der Waals surface area contributed by atoms with Gasteiger partial charge in [-0.15, -0.1) is 11.3 Å². The molecule has 0 spiro atoms. The van der Waals surface area contributed by atoms with Gasteiger partial charge < -0.3 is 4.74 Å². The van der Waals surface area contributed by atoms with Gasteiger partial charge in [0, 0.05) is 12.9 Å². The molecule has 114 valence electrons. The van der Waals surface area contributed by atoms with Crippen LogP contribution in [0.5, 0.6) is 0 Å². The average molecular weight is 332 g/mol. The summed E-state index contributed by atoms with van der Waals surface area (Å²) in [5, 5.41) is 2.66. The summed E-state index contributed by atoms with van der Waals surface area (Å²) in [5.74, 6) is 0.788. The molecule has 0 aliphatic carbocycles. The van der Waals surface area contributed by atoms with E-state index in [0.29, 0.717) is 17.9 Å². The molecule has 0 saturated heterocycles. The van der Waals surface area contributed by atoms with Crippen LogP contribution in [0, 0.1) is 0 Å². The molecular formula is C16H16N2O2S2. The first kappa shape index (κ1) is 15.3. The third-order valence-electron chi connectivity index (χ3n) is 3.26. The normalized spacial score (nSPS) is 11.1. The summed E-state index contributed by atoms with van der Waals surface area (Å²) in [5.41, 5.74) is 2.01. The van der Waals surface area contributed by atoms with Gasteiger partial charge in [-0.2, -0.15) is 0 Å². The van der Waals surface area contributed by atoms with Gasteiger partial charge >= 0.3 is 0 Å². The van der Waals surface area contributed by atoms with Gasteiger partial charge in [-0.1, -0.05) is 42.1 Å². The van der Waals surface area contributed by atoms with E-state index >= 15 is 0 Å². The van der Waals surface area contributed by atoms with E-state index in [1.54, 1.807) is 23.4 Å². The van der Waals surface area contributed by atoms with Crippen molar-refractivity contribution in [3.05, 3.63) is 57.7 Å². The van der Waals surface area contributed by atoms with Gasteiger partial charge in [-0.05, 0) is 17.0 Å². The second-order valence-corrected chi connectivity index (χ2v) is 6.61. The lowest BCUT2D eigenvalue weighted by Crippen LogP contribution is -2.24. The second-order valence-electron chi connectivity index (χ2n) is 4.75. The number of ether oxygens (including phenoxy) is 1. The van der Waals surface area contributed by atoms with Crippen molar-refractivity contribution in [2.75, 3.05) is 13.7 Å². The van der Waals surface area contributed by atoms with E-state index in [4.69, 9.17) is 4.74 Å². The van der Waals surface area contributed by atoms with Crippen LogP contribution < -0.4 is 5.56 Å². The Kier molecular flexibility index (Phi) is 4.92. The summed E-state index contributed by atoms with van der Waals surface area (Å²) in [6, 6.07) is 12.1. The van der Waals surface area contributed by atoms with Crippen molar-refractivity contribution in [3.63, 3.8) is 0 Å². The fraction of sp³-hybridized carbons (Fsp3) is 0.250. The first-order valence-electron chi connectivity index (χ1n) is 6.93. The number of methoxy groups -OCH3 is 1. The van der Waals surface area contributed by atoms with Crippen LogP contribution in [-0.2, 0) is 17.0 Å². The number of thiophene rings is 1. The Bertz CT molecular complexity index is 812. The third-order valence-corrected chi connectivity index (χ3v) is 5.20. The summed E-state index contributed by atoms with van der Waals surface area (Å²) < 4.78 is 7.55. The molecule has 2 heterocycles. The summed E-state index contributed by atoms with van der Waals surface area (Å²) in [6.07, 6.45) is 0. The number of thioether (sulfide) groups is 1. The first-order chi connectivity index (χ1) is 10.8.